The van der Waals surface area contributed by atoms with E-state index < -0.39 is 5.41 Å². The smallest absolute Gasteiger partial charge is 0.227 e. The van der Waals surface area contributed by atoms with E-state index in [4.69, 9.17) is 0 Å². The van der Waals surface area contributed by atoms with Crippen LogP contribution in [0.2, 0.25) is 0 Å². The summed E-state index contributed by atoms with van der Waals surface area (Å²) in [4.78, 5) is 20.1. The highest BCUT2D eigenvalue weighted by atomic mass is 16.2. The molecule has 1 rings (SSSR count). The van der Waals surface area contributed by atoms with Gasteiger partial charge in [-0.05, 0) is 26.0 Å². The summed E-state index contributed by atoms with van der Waals surface area (Å²) in [5.41, 5.74) is 0.541. The van der Waals surface area contributed by atoms with Crippen molar-refractivity contribution in [3.05, 3.63) is 30.1 Å². The molecular formula is C15H25N5O. The first-order chi connectivity index (χ1) is 9.99. The Labute approximate surface area is 126 Å². The van der Waals surface area contributed by atoms with E-state index in [1.165, 1.54) is 0 Å². The minimum atomic E-state index is -0.493. The van der Waals surface area contributed by atoms with E-state index >= 15 is 0 Å². The van der Waals surface area contributed by atoms with Gasteiger partial charge in [0.05, 0.1) is 5.41 Å². The van der Waals surface area contributed by atoms with Gasteiger partial charge in [0.2, 0.25) is 5.91 Å². The molecule has 0 aliphatic rings. The van der Waals surface area contributed by atoms with Gasteiger partial charge in [-0.2, -0.15) is 0 Å². The van der Waals surface area contributed by atoms with E-state index in [0.29, 0.717) is 12.5 Å². The molecular weight excluding hydrogens is 266 g/mol. The zero-order chi connectivity index (χ0) is 15.7. The highest BCUT2D eigenvalue weighted by Crippen LogP contribution is 2.12. The van der Waals surface area contributed by atoms with Crippen molar-refractivity contribution >= 4 is 11.9 Å². The molecule has 3 N–H and O–H groups in total. The SMILES string of the molecule is CN=C(NCCc1ccccn1)NCC(C)(C)C(=O)NC. The van der Waals surface area contributed by atoms with Crippen LogP contribution in [-0.2, 0) is 11.2 Å². The third kappa shape index (κ3) is 5.81. The van der Waals surface area contributed by atoms with Gasteiger partial charge in [0.25, 0.3) is 0 Å². The zero-order valence-electron chi connectivity index (χ0n) is 13.2. The molecule has 21 heavy (non-hydrogen) atoms. The second-order valence-electron chi connectivity index (χ2n) is 5.39. The summed E-state index contributed by atoms with van der Waals surface area (Å²) in [6.45, 7) is 5.02. The number of pyridine rings is 1. The lowest BCUT2D eigenvalue weighted by atomic mass is 9.92. The second-order valence-corrected chi connectivity index (χ2v) is 5.39. The number of nitrogens with one attached hydrogen (secondary N) is 3. The lowest BCUT2D eigenvalue weighted by Gasteiger charge is -2.24. The molecule has 1 aromatic rings. The number of hydrogen-bond acceptors (Lipinski definition) is 3. The van der Waals surface area contributed by atoms with E-state index in [-0.39, 0.29) is 5.91 Å². The second kappa shape index (κ2) is 8.24. The van der Waals surface area contributed by atoms with Gasteiger partial charge in [0.1, 0.15) is 0 Å². The topological polar surface area (TPSA) is 78.4 Å². The van der Waals surface area contributed by atoms with Gasteiger partial charge in [-0.1, -0.05) is 6.07 Å². The van der Waals surface area contributed by atoms with Crippen molar-refractivity contribution in [2.75, 3.05) is 27.2 Å². The molecule has 0 aliphatic carbocycles. The Morgan fingerprint density at radius 3 is 2.67 bits per heavy atom. The molecule has 6 nitrogen and oxygen atoms in total. The summed E-state index contributed by atoms with van der Waals surface area (Å²) < 4.78 is 0. The van der Waals surface area contributed by atoms with Crippen LogP contribution in [0, 0.1) is 5.41 Å². The quantitative estimate of drug-likeness (QED) is 0.529. The molecule has 6 heteroatoms. The maximum Gasteiger partial charge on any atom is 0.227 e. The van der Waals surface area contributed by atoms with Crippen molar-refractivity contribution in [3.8, 4) is 0 Å². The maximum absolute atomic E-state index is 11.7. The summed E-state index contributed by atoms with van der Waals surface area (Å²) in [5, 5.41) is 9.05. The van der Waals surface area contributed by atoms with E-state index in [1.807, 2.05) is 32.0 Å². The van der Waals surface area contributed by atoms with Gasteiger partial charge in [0, 0.05) is 45.5 Å². The molecule has 0 aromatic carbocycles. The summed E-state index contributed by atoms with van der Waals surface area (Å²) in [5.74, 6) is 0.682. The minimum Gasteiger partial charge on any atom is -0.359 e. The summed E-state index contributed by atoms with van der Waals surface area (Å²) in [7, 11) is 3.35. The van der Waals surface area contributed by atoms with Gasteiger partial charge in [-0.15, -0.1) is 0 Å². The standard InChI is InChI=1S/C15H25N5O/c1-15(2,13(21)16-3)11-20-14(17-4)19-10-8-12-7-5-6-9-18-12/h5-7,9H,8,10-11H2,1-4H3,(H,16,21)(H2,17,19,20). The van der Waals surface area contributed by atoms with Gasteiger partial charge in [-0.25, -0.2) is 0 Å². The lowest BCUT2D eigenvalue weighted by molar-refractivity contribution is -0.128. The van der Waals surface area contributed by atoms with Gasteiger partial charge in [-0.3, -0.25) is 14.8 Å². The Morgan fingerprint density at radius 2 is 2.10 bits per heavy atom. The van der Waals surface area contributed by atoms with Crippen molar-refractivity contribution in [1.29, 1.82) is 0 Å². The highest BCUT2D eigenvalue weighted by Gasteiger charge is 2.26. The number of aliphatic imine (C=N–C) groups is 1. The molecule has 0 aliphatic heterocycles. The number of amides is 1. The molecule has 0 bridgehead atoms. The molecule has 0 saturated carbocycles. The Kier molecular flexibility index (Phi) is 6.65. The van der Waals surface area contributed by atoms with Crippen LogP contribution in [0.3, 0.4) is 0 Å². The average molecular weight is 291 g/mol. The van der Waals surface area contributed by atoms with Gasteiger partial charge < -0.3 is 16.0 Å². The fraction of sp³-hybridized carbons (Fsp3) is 0.533. The number of guanidine groups is 1. The Morgan fingerprint density at radius 1 is 1.33 bits per heavy atom. The molecule has 0 spiro atoms. The molecule has 1 heterocycles. The van der Waals surface area contributed by atoms with Crippen LogP contribution in [0.4, 0.5) is 0 Å². The van der Waals surface area contributed by atoms with Crippen molar-refractivity contribution in [1.82, 2.24) is 20.9 Å². The summed E-state index contributed by atoms with van der Waals surface area (Å²) in [6, 6.07) is 5.87. The largest absolute Gasteiger partial charge is 0.359 e. The highest BCUT2D eigenvalue weighted by molar-refractivity contribution is 5.84. The molecule has 0 saturated heterocycles. The lowest BCUT2D eigenvalue weighted by Crippen LogP contribution is -2.47. The van der Waals surface area contributed by atoms with Crippen molar-refractivity contribution < 1.29 is 4.79 Å². The van der Waals surface area contributed by atoms with Gasteiger partial charge in [0.15, 0.2) is 5.96 Å². The van der Waals surface area contributed by atoms with Crippen LogP contribution in [0.15, 0.2) is 29.4 Å². The number of carbonyl (C=O) groups excluding carboxylic acids is 1. The average Bonchev–Trinajstić information content (AvgIpc) is 2.50. The minimum absolute atomic E-state index is 0.000983. The van der Waals surface area contributed by atoms with Crippen molar-refractivity contribution in [2.24, 2.45) is 10.4 Å². The van der Waals surface area contributed by atoms with E-state index in [0.717, 1.165) is 18.7 Å². The van der Waals surface area contributed by atoms with E-state index in [2.05, 4.69) is 25.9 Å². The van der Waals surface area contributed by atoms with Crippen LogP contribution < -0.4 is 16.0 Å². The van der Waals surface area contributed by atoms with E-state index in [9.17, 15) is 4.79 Å². The van der Waals surface area contributed by atoms with Crippen molar-refractivity contribution in [3.63, 3.8) is 0 Å². The normalized spacial score (nSPS) is 11.9. The number of rotatable bonds is 6. The molecule has 0 fully saturated rings. The third-order valence-corrected chi connectivity index (χ3v) is 3.16. The van der Waals surface area contributed by atoms with Gasteiger partial charge >= 0.3 is 0 Å². The molecule has 0 atom stereocenters. The first-order valence-corrected chi connectivity index (χ1v) is 7.06. The number of aromatic nitrogens is 1. The third-order valence-electron chi connectivity index (χ3n) is 3.16. The predicted molar refractivity (Wildman–Crippen MR) is 85.2 cm³/mol. The first-order valence-electron chi connectivity index (χ1n) is 7.06. The first kappa shape index (κ1) is 16.9. The zero-order valence-corrected chi connectivity index (χ0v) is 13.2. The monoisotopic (exact) mass is 291 g/mol. The van der Waals surface area contributed by atoms with Crippen LogP contribution in [0.25, 0.3) is 0 Å². The molecule has 0 radical (unpaired) electrons. The molecule has 1 amide bonds. The fourth-order valence-electron chi connectivity index (χ4n) is 1.80. The van der Waals surface area contributed by atoms with E-state index in [1.54, 1.807) is 20.3 Å². The van der Waals surface area contributed by atoms with Crippen LogP contribution in [0.5, 0.6) is 0 Å². The molecule has 1 aromatic heterocycles. The Hall–Kier alpha value is -2.11. The van der Waals surface area contributed by atoms with Crippen molar-refractivity contribution in [2.45, 2.75) is 20.3 Å². The molecule has 116 valence electrons. The Bertz CT molecular complexity index is 470. The van der Waals surface area contributed by atoms with Crippen LogP contribution in [-0.4, -0.2) is 44.0 Å². The number of carbonyl (C=O) groups is 1. The molecule has 0 unspecified atom stereocenters. The Balaban J connectivity index is 2.37. The predicted octanol–water partition coefficient (Wildman–Crippen LogP) is 0.561. The van der Waals surface area contributed by atoms with Crippen LogP contribution >= 0.6 is 0 Å². The fourth-order valence-corrected chi connectivity index (χ4v) is 1.80. The number of nitrogens with zero attached hydrogens (tertiary/aromatic N) is 2. The maximum atomic E-state index is 11.7. The summed E-state index contributed by atoms with van der Waals surface area (Å²) >= 11 is 0. The summed E-state index contributed by atoms with van der Waals surface area (Å²) in [6.07, 6.45) is 2.61. The van der Waals surface area contributed by atoms with Crippen LogP contribution in [0.1, 0.15) is 19.5 Å². The number of hydrogen-bond donors (Lipinski definition) is 3.